The van der Waals surface area contributed by atoms with Gasteiger partial charge in [0.2, 0.25) is 0 Å². The summed E-state index contributed by atoms with van der Waals surface area (Å²) >= 11 is 0. The standard InChI is InChI=1S/C20H21NO5/c1-24-19(22)17-5-3-4-12-21(18(17)20(23)25-2)15-8-10-16(11-9-15)26-13-14-6-7-14/h3-5,8-12,14H,6-7,13H2,1-2H3. The molecule has 1 aromatic rings. The summed E-state index contributed by atoms with van der Waals surface area (Å²) in [6.07, 6.45) is 9.08. The topological polar surface area (TPSA) is 65.1 Å². The van der Waals surface area contributed by atoms with Gasteiger partial charge in [-0.1, -0.05) is 6.08 Å². The van der Waals surface area contributed by atoms with Gasteiger partial charge in [0.1, 0.15) is 11.4 Å². The van der Waals surface area contributed by atoms with Gasteiger partial charge < -0.3 is 19.1 Å². The Balaban J connectivity index is 1.92. The summed E-state index contributed by atoms with van der Waals surface area (Å²) in [4.78, 5) is 26.1. The second-order valence-electron chi connectivity index (χ2n) is 6.06. The zero-order valence-electron chi connectivity index (χ0n) is 14.8. The van der Waals surface area contributed by atoms with E-state index in [1.165, 1.54) is 33.1 Å². The number of nitrogens with zero attached hydrogens (tertiary/aromatic N) is 1. The van der Waals surface area contributed by atoms with E-state index < -0.39 is 11.9 Å². The number of hydrogen-bond acceptors (Lipinski definition) is 6. The van der Waals surface area contributed by atoms with Crippen LogP contribution in [0.4, 0.5) is 5.69 Å². The molecule has 0 unspecified atom stereocenters. The number of hydrogen-bond donors (Lipinski definition) is 0. The Morgan fingerprint density at radius 2 is 1.73 bits per heavy atom. The molecule has 1 aliphatic heterocycles. The van der Waals surface area contributed by atoms with Crippen molar-refractivity contribution >= 4 is 17.6 Å². The molecule has 0 bridgehead atoms. The fourth-order valence-corrected chi connectivity index (χ4v) is 2.57. The van der Waals surface area contributed by atoms with Crippen molar-refractivity contribution in [3.8, 4) is 5.75 Å². The van der Waals surface area contributed by atoms with Gasteiger partial charge in [0, 0.05) is 11.9 Å². The number of esters is 2. The van der Waals surface area contributed by atoms with Gasteiger partial charge in [0.15, 0.2) is 0 Å². The maximum absolute atomic E-state index is 12.4. The van der Waals surface area contributed by atoms with Crippen LogP contribution in [0.3, 0.4) is 0 Å². The first-order valence-electron chi connectivity index (χ1n) is 8.42. The molecular weight excluding hydrogens is 334 g/mol. The van der Waals surface area contributed by atoms with E-state index in [-0.39, 0.29) is 11.3 Å². The van der Waals surface area contributed by atoms with Gasteiger partial charge in [-0.25, -0.2) is 9.59 Å². The van der Waals surface area contributed by atoms with Crippen LogP contribution in [0.2, 0.25) is 0 Å². The first kappa shape index (κ1) is 17.8. The second-order valence-corrected chi connectivity index (χ2v) is 6.06. The Morgan fingerprint density at radius 1 is 1.04 bits per heavy atom. The third-order valence-corrected chi connectivity index (χ3v) is 4.19. The van der Waals surface area contributed by atoms with Crippen molar-refractivity contribution in [3.05, 3.63) is 60.0 Å². The van der Waals surface area contributed by atoms with Gasteiger partial charge in [-0.05, 0) is 55.2 Å². The van der Waals surface area contributed by atoms with Gasteiger partial charge in [-0.2, -0.15) is 0 Å². The molecule has 0 saturated heterocycles. The van der Waals surface area contributed by atoms with E-state index in [0.717, 1.165) is 12.4 Å². The molecular formula is C20H21NO5. The quantitative estimate of drug-likeness (QED) is 0.731. The van der Waals surface area contributed by atoms with Gasteiger partial charge in [0.25, 0.3) is 0 Å². The molecule has 0 N–H and O–H groups in total. The highest BCUT2D eigenvalue weighted by Gasteiger charge is 2.27. The lowest BCUT2D eigenvalue weighted by Gasteiger charge is -2.23. The Hall–Kier alpha value is -3.02. The van der Waals surface area contributed by atoms with Crippen molar-refractivity contribution in [3.63, 3.8) is 0 Å². The van der Waals surface area contributed by atoms with Crippen molar-refractivity contribution in [1.82, 2.24) is 0 Å². The number of benzene rings is 1. The summed E-state index contributed by atoms with van der Waals surface area (Å²) in [6.45, 7) is 0.729. The minimum atomic E-state index is -0.629. The molecule has 1 aromatic carbocycles. The molecule has 2 aliphatic rings. The molecule has 1 saturated carbocycles. The molecule has 1 aliphatic carbocycles. The predicted octanol–water partition coefficient (Wildman–Crippen LogP) is 2.97. The van der Waals surface area contributed by atoms with Gasteiger partial charge in [-0.15, -0.1) is 0 Å². The van der Waals surface area contributed by atoms with E-state index in [1.807, 2.05) is 24.3 Å². The number of methoxy groups -OCH3 is 2. The highest BCUT2D eigenvalue weighted by Crippen LogP contribution is 2.31. The Bertz CT molecular complexity index is 772. The van der Waals surface area contributed by atoms with E-state index in [4.69, 9.17) is 14.2 Å². The van der Waals surface area contributed by atoms with Crippen LogP contribution in [-0.4, -0.2) is 32.8 Å². The molecule has 0 atom stereocenters. The van der Waals surface area contributed by atoms with E-state index in [1.54, 1.807) is 23.3 Å². The van der Waals surface area contributed by atoms with Crippen LogP contribution in [0, 0.1) is 5.92 Å². The van der Waals surface area contributed by atoms with Crippen LogP contribution in [-0.2, 0) is 19.1 Å². The van der Waals surface area contributed by atoms with Gasteiger partial charge in [-0.3, -0.25) is 0 Å². The maximum atomic E-state index is 12.4. The smallest absolute Gasteiger partial charge is 0.355 e. The monoisotopic (exact) mass is 355 g/mol. The molecule has 0 aromatic heterocycles. The fraction of sp³-hybridized carbons (Fsp3) is 0.300. The van der Waals surface area contributed by atoms with Crippen LogP contribution in [0.15, 0.2) is 60.0 Å². The largest absolute Gasteiger partial charge is 0.493 e. The Kier molecular flexibility index (Phi) is 5.41. The van der Waals surface area contributed by atoms with Crippen LogP contribution in [0.25, 0.3) is 0 Å². The van der Waals surface area contributed by atoms with Crippen LogP contribution >= 0.6 is 0 Å². The average molecular weight is 355 g/mol. The summed E-state index contributed by atoms with van der Waals surface area (Å²) in [5.74, 6) is 0.204. The lowest BCUT2D eigenvalue weighted by atomic mass is 10.1. The minimum Gasteiger partial charge on any atom is -0.493 e. The first-order chi connectivity index (χ1) is 12.6. The maximum Gasteiger partial charge on any atom is 0.355 e. The molecule has 0 radical (unpaired) electrons. The molecule has 1 heterocycles. The van der Waals surface area contributed by atoms with Gasteiger partial charge in [0.05, 0.1) is 26.4 Å². The Morgan fingerprint density at radius 3 is 2.35 bits per heavy atom. The first-order valence-corrected chi connectivity index (χ1v) is 8.42. The lowest BCUT2D eigenvalue weighted by Crippen LogP contribution is -2.26. The molecule has 1 fully saturated rings. The summed E-state index contributed by atoms with van der Waals surface area (Å²) in [5.41, 5.74) is 0.917. The summed E-state index contributed by atoms with van der Waals surface area (Å²) in [7, 11) is 2.54. The third kappa shape index (κ3) is 3.96. The number of allylic oxidation sites excluding steroid dienone is 2. The SMILES string of the molecule is COC(=O)C1=C(C(=O)OC)N(c2ccc(OCC3CC3)cc2)C=CC=C1. The molecule has 0 amide bonds. The highest BCUT2D eigenvalue weighted by molar-refractivity contribution is 6.05. The summed E-state index contributed by atoms with van der Waals surface area (Å²) < 4.78 is 15.4. The second kappa shape index (κ2) is 7.91. The molecule has 26 heavy (non-hydrogen) atoms. The number of carbonyl (C=O) groups excluding carboxylic acids is 2. The van der Waals surface area contributed by atoms with Crippen LogP contribution < -0.4 is 9.64 Å². The lowest BCUT2D eigenvalue weighted by molar-refractivity contribution is -0.139. The fourth-order valence-electron chi connectivity index (χ4n) is 2.57. The van der Waals surface area contributed by atoms with E-state index in [2.05, 4.69) is 0 Å². The van der Waals surface area contributed by atoms with E-state index in [9.17, 15) is 9.59 Å². The molecule has 6 nitrogen and oxygen atoms in total. The molecule has 0 spiro atoms. The van der Waals surface area contributed by atoms with Crippen LogP contribution in [0.1, 0.15) is 12.8 Å². The van der Waals surface area contributed by atoms with Crippen molar-refractivity contribution in [2.45, 2.75) is 12.8 Å². The van der Waals surface area contributed by atoms with E-state index in [0.29, 0.717) is 11.6 Å². The van der Waals surface area contributed by atoms with Crippen molar-refractivity contribution in [1.29, 1.82) is 0 Å². The van der Waals surface area contributed by atoms with Crippen LogP contribution in [0.5, 0.6) is 5.75 Å². The summed E-state index contributed by atoms with van der Waals surface area (Å²) in [5, 5.41) is 0. The van der Waals surface area contributed by atoms with Crippen molar-refractivity contribution in [2.24, 2.45) is 5.92 Å². The van der Waals surface area contributed by atoms with Crippen molar-refractivity contribution in [2.75, 3.05) is 25.7 Å². The molecule has 136 valence electrons. The predicted molar refractivity (Wildman–Crippen MR) is 96.5 cm³/mol. The minimum absolute atomic E-state index is 0.0935. The number of rotatable bonds is 6. The zero-order chi connectivity index (χ0) is 18.5. The third-order valence-electron chi connectivity index (χ3n) is 4.19. The number of ether oxygens (including phenoxy) is 3. The molecule has 3 rings (SSSR count). The number of carbonyl (C=O) groups is 2. The van der Waals surface area contributed by atoms with Crippen molar-refractivity contribution < 1.29 is 23.8 Å². The summed E-state index contributed by atoms with van der Waals surface area (Å²) in [6, 6.07) is 7.35. The number of anilines is 1. The zero-order valence-corrected chi connectivity index (χ0v) is 14.8. The average Bonchev–Trinajstić information content (AvgIpc) is 3.51. The Labute approximate surface area is 152 Å². The highest BCUT2D eigenvalue weighted by atomic mass is 16.5. The molecule has 6 heteroatoms. The normalized spacial score (nSPS) is 16.3. The van der Waals surface area contributed by atoms with Gasteiger partial charge >= 0.3 is 11.9 Å². The van der Waals surface area contributed by atoms with E-state index >= 15 is 0 Å².